The van der Waals surface area contributed by atoms with E-state index in [4.69, 9.17) is 6.42 Å². The minimum absolute atomic E-state index is 0.695. The molecule has 0 aliphatic rings. The average Bonchev–Trinajstić information content (AvgIpc) is 1.61. The van der Waals surface area contributed by atoms with Crippen molar-refractivity contribution in [2.75, 3.05) is 0 Å². The Kier molecular flexibility index (Phi) is 5.28. The Hall–Kier alpha value is 0.150. The summed E-state index contributed by atoms with van der Waals surface area (Å²) in [5.74, 6) is 2.41. The number of hydrogen-bond donors (Lipinski definition) is 0. The predicted octanol–water partition coefficient (Wildman–Crippen LogP) is 0.210. The zero-order valence-corrected chi connectivity index (χ0v) is 5.90. The molecule has 0 fully saturated rings. The summed E-state index contributed by atoms with van der Waals surface area (Å²) in [4.78, 5) is 0. The third-order valence-electron chi connectivity index (χ3n) is 0.347. The van der Waals surface area contributed by atoms with Crippen LogP contribution < -0.4 is 0 Å². The zero-order valence-electron chi connectivity index (χ0n) is 3.35. The average molecular weight is 198 g/mol. The molecule has 0 saturated heterocycles. The van der Waals surface area contributed by atoms with E-state index in [2.05, 4.69) is 5.92 Å². The van der Waals surface area contributed by atoms with Gasteiger partial charge in [-0.1, -0.05) is 0 Å². The molecule has 6 heavy (non-hydrogen) atoms. The van der Waals surface area contributed by atoms with Crippen LogP contribution in [0.4, 0.5) is 0 Å². The monoisotopic (exact) mass is 200 g/mol. The molecular formula is C4H6OTe. The Morgan fingerprint density at radius 3 is 2.67 bits per heavy atom. The fourth-order valence-electron chi connectivity index (χ4n) is 0.110. The summed E-state index contributed by atoms with van der Waals surface area (Å²) in [5.41, 5.74) is 0. The van der Waals surface area contributed by atoms with Crippen LogP contribution in [0.15, 0.2) is 0 Å². The van der Waals surface area contributed by atoms with E-state index in [1.54, 1.807) is 0 Å². The molecule has 0 heterocycles. The first-order valence-electron chi connectivity index (χ1n) is 1.64. The van der Waals surface area contributed by atoms with E-state index < -0.39 is 20.9 Å². The van der Waals surface area contributed by atoms with Crippen molar-refractivity contribution in [1.82, 2.24) is 0 Å². The first kappa shape index (κ1) is 6.15. The van der Waals surface area contributed by atoms with Crippen molar-refractivity contribution in [1.29, 1.82) is 0 Å². The molecule has 0 saturated carbocycles. The summed E-state index contributed by atoms with van der Waals surface area (Å²) < 4.78 is 10.5. The maximum absolute atomic E-state index is 9.74. The van der Waals surface area contributed by atoms with E-state index in [1.807, 2.05) is 0 Å². The molecule has 0 aromatic heterocycles. The molecule has 0 rings (SSSR count). The van der Waals surface area contributed by atoms with Gasteiger partial charge in [0, 0.05) is 0 Å². The zero-order chi connectivity index (χ0) is 4.83. The van der Waals surface area contributed by atoms with Crippen molar-refractivity contribution in [3.63, 3.8) is 0 Å². The second kappa shape index (κ2) is 5.15. The fraction of sp³-hybridized carbons (Fsp3) is 0.500. The molecule has 34 valence electrons. The summed E-state index contributed by atoms with van der Waals surface area (Å²) in [7, 11) is 0. The number of terminal acetylenes is 1. The van der Waals surface area contributed by atoms with Crippen molar-refractivity contribution in [2.45, 2.75) is 10.9 Å². The van der Waals surface area contributed by atoms with Gasteiger partial charge in [0.1, 0.15) is 0 Å². The normalized spacial score (nSPS) is 7.17. The van der Waals surface area contributed by atoms with E-state index in [-0.39, 0.29) is 0 Å². The molecule has 2 heteroatoms. The molecule has 0 amide bonds. The molecule has 0 unspecified atom stereocenters. The molecule has 0 bridgehead atoms. The van der Waals surface area contributed by atoms with Crippen LogP contribution in [0.5, 0.6) is 0 Å². The van der Waals surface area contributed by atoms with Gasteiger partial charge >= 0.3 is 47.2 Å². The van der Waals surface area contributed by atoms with Gasteiger partial charge in [-0.2, -0.15) is 0 Å². The summed E-state index contributed by atoms with van der Waals surface area (Å²) in [6.07, 6.45) is 5.54. The van der Waals surface area contributed by atoms with Crippen molar-refractivity contribution >= 4 is 20.9 Å². The van der Waals surface area contributed by atoms with Gasteiger partial charge in [-0.15, -0.1) is 0 Å². The van der Waals surface area contributed by atoms with Crippen LogP contribution in [0, 0.1) is 12.3 Å². The molecular weight excluding hydrogens is 192 g/mol. The molecule has 0 radical (unpaired) electrons. The van der Waals surface area contributed by atoms with E-state index >= 15 is 0 Å². The van der Waals surface area contributed by atoms with Gasteiger partial charge in [0.15, 0.2) is 0 Å². The number of hydrogen-bond acceptors (Lipinski definition) is 1. The van der Waals surface area contributed by atoms with Crippen LogP contribution in [-0.4, -0.2) is 20.9 Å². The molecule has 0 aliphatic carbocycles. The third kappa shape index (κ3) is 4.15. The van der Waals surface area contributed by atoms with E-state index in [1.165, 1.54) is 0 Å². The van der Waals surface area contributed by atoms with Gasteiger partial charge in [-0.25, -0.2) is 0 Å². The van der Waals surface area contributed by atoms with Crippen molar-refractivity contribution in [2.24, 2.45) is 0 Å². The maximum atomic E-state index is 9.74. The van der Waals surface area contributed by atoms with Gasteiger partial charge in [0.25, 0.3) is 0 Å². The van der Waals surface area contributed by atoms with Crippen LogP contribution in [0.3, 0.4) is 0 Å². The fourth-order valence-corrected chi connectivity index (χ4v) is 0.739. The molecule has 0 aromatic rings. The predicted molar refractivity (Wildman–Crippen MR) is 26.1 cm³/mol. The Balaban J connectivity index is 2.72. The summed E-state index contributed by atoms with van der Waals surface area (Å²) in [5, 5.41) is 0. The van der Waals surface area contributed by atoms with Crippen molar-refractivity contribution < 1.29 is 3.10 Å². The van der Waals surface area contributed by atoms with Gasteiger partial charge < -0.3 is 0 Å². The molecule has 0 aliphatic heterocycles. The van der Waals surface area contributed by atoms with Crippen LogP contribution in [0.1, 0.15) is 6.42 Å². The van der Waals surface area contributed by atoms with Crippen molar-refractivity contribution in [3.8, 4) is 12.3 Å². The van der Waals surface area contributed by atoms with Gasteiger partial charge in [-0.05, 0) is 0 Å². The van der Waals surface area contributed by atoms with Crippen LogP contribution in [0.25, 0.3) is 0 Å². The Morgan fingerprint density at radius 1 is 1.83 bits per heavy atom. The topological polar surface area (TPSA) is 17.1 Å². The van der Waals surface area contributed by atoms with E-state index in [0.717, 1.165) is 4.47 Å². The van der Waals surface area contributed by atoms with Crippen molar-refractivity contribution in [3.05, 3.63) is 0 Å². The van der Waals surface area contributed by atoms with Crippen LogP contribution in [0.2, 0.25) is 4.47 Å². The Labute approximate surface area is 47.6 Å². The van der Waals surface area contributed by atoms with Gasteiger partial charge in [0.05, 0.1) is 0 Å². The van der Waals surface area contributed by atoms with Gasteiger partial charge in [0.2, 0.25) is 0 Å². The minimum atomic E-state index is -1.07. The van der Waals surface area contributed by atoms with Gasteiger partial charge in [-0.3, -0.25) is 0 Å². The number of rotatable bonds is 2. The van der Waals surface area contributed by atoms with E-state index in [0.29, 0.717) is 6.42 Å². The third-order valence-corrected chi connectivity index (χ3v) is 1.51. The van der Waals surface area contributed by atoms with Crippen LogP contribution in [-0.2, 0) is 3.10 Å². The molecule has 0 spiro atoms. The summed E-state index contributed by atoms with van der Waals surface area (Å²) >= 11 is -1.07. The summed E-state index contributed by atoms with van der Waals surface area (Å²) in [6.45, 7) is 0. The second-order valence-electron chi connectivity index (χ2n) is 0.807. The second-order valence-corrected chi connectivity index (χ2v) is 2.82. The quantitative estimate of drug-likeness (QED) is 0.352. The standard InChI is InChI=1S/C4H6OTe/c1-2-3-4-6-5/h1,6H,3-4H2. The molecule has 1 nitrogen and oxygen atoms in total. The SMILES string of the molecule is C#CCC[TeH]=O. The Morgan fingerprint density at radius 2 is 2.50 bits per heavy atom. The van der Waals surface area contributed by atoms with E-state index in [9.17, 15) is 3.10 Å². The van der Waals surface area contributed by atoms with Crippen LogP contribution >= 0.6 is 0 Å². The molecule has 0 N–H and O–H groups in total. The molecule has 0 atom stereocenters. The Bertz CT molecular complexity index is 72.1. The molecule has 0 aromatic carbocycles. The summed E-state index contributed by atoms with van der Waals surface area (Å²) in [6, 6.07) is 0. The first-order valence-corrected chi connectivity index (χ1v) is 4.49. The first-order chi connectivity index (χ1) is 2.91.